The molecule has 0 fully saturated rings. The largest absolute Gasteiger partial charge is 0.497 e. The van der Waals surface area contributed by atoms with Gasteiger partial charge in [0.2, 0.25) is 0 Å². The fourth-order valence-corrected chi connectivity index (χ4v) is 1.78. The molecule has 0 aliphatic heterocycles. The molecule has 0 aromatic heterocycles. The average Bonchev–Trinajstić information content (AvgIpc) is 2.36. The van der Waals surface area contributed by atoms with Crippen molar-refractivity contribution in [1.29, 1.82) is 0 Å². The molecule has 0 aliphatic carbocycles. The van der Waals surface area contributed by atoms with E-state index in [-0.39, 0.29) is 23.1 Å². The zero-order chi connectivity index (χ0) is 12.4. The first-order valence-corrected chi connectivity index (χ1v) is 5.42. The number of aliphatic carboxylic acids is 1. The van der Waals surface area contributed by atoms with Crippen molar-refractivity contribution in [2.75, 3.05) is 7.11 Å². The molecule has 5 heteroatoms. The Kier molecular flexibility index (Phi) is 6.52. The van der Waals surface area contributed by atoms with E-state index in [1.54, 1.807) is 14.0 Å². The number of carboxylic acids is 1. The van der Waals surface area contributed by atoms with Crippen LogP contribution in [0, 0.1) is 0 Å². The molecule has 4 N–H and O–H groups in total. The van der Waals surface area contributed by atoms with Crippen molar-refractivity contribution < 1.29 is 14.6 Å². The summed E-state index contributed by atoms with van der Waals surface area (Å²) in [4.78, 5) is 10.9. The molecule has 0 aliphatic rings. The van der Waals surface area contributed by atoms with Crippen molar-refractivity contribution in [3.05, 3.63) is 42.0 Å². The minimum absolute atomic E-state index is 0. The maximum Gasteiger partial charge on any atom is 0.310 e. The van der Waals surface area contributed by atoms with E-state index in [0.29, 0.717) is 0 Å². The maximum atomic E-state index is 10.9. The fraction of sp³-hybridized carbons (Fsp3) is 0.214. The smallest absolute Gasteiger partial charge is 0.310 e. The van der Waals surface area contributed by atoms with Gasteiger partial charge >= 0.3 is 5.97 Å². The highest BCUT2D eigenvalue weighted by Crippen LogP contribution is 2.25. The highest BCUT2D eigenvalue weighted by Gasteiger charge is 2.13. The molecular formula is C14H18BrNO3. The van der Waals surface area contributed by atoms with Crippen molar-refractivity contribution in [1.82, 2.24) is 6.15 Å². The molecular weight excluding hydrogens is 310 g/mol. The molecule has 1 atom stereocenters. The van der Waals surface area contributed by atoms with Crippen molar-refractivity contribution in [2.24, 2.45) is 0 Å². The van der Waals surface area contributed by atoms with Gasteiger partial charge in [0.25, 0.3) is 0 Å². The Hall–Kier alpha value is -1.59. The van der Waals surface area contributed by atoms with Gasteiger partial charge in [-0.15, -0.1) is 17.0 Å². The summed E-state index contributed by atoms with van der Waals surface area (Å²) in [7, 11) is 1.63. The summed E-state index contributed by atoms with van der Waals surface area (Å²) < 4.78 is 5.14. The van der Waals surface area contributed by atoms with E-state index in [1.807, 2.05) is 36.4 Å². The normalized spacial score (nSPS) is 11.1. The van der Waals surface area contributed by atoms with Gasteiger partial charge in [-0.3, -0.25) is 4.79 Å². The van der Waals surface area contributed by atoms with E-state index in [0.717, 1.165) is 22.1 Å². The Morgan fingerprint density at radius 3 is 2.32 bits per heavy atom. The van der Waals surface area contributed by atoms with Gasteiger partial charge in [0.15, 0.2) is 0 Å². The van der Waals surface area contributed by atoms with Gasteiger partial charge in [-0.1, -0.05) is 24.3 Å². The zero-order valence-corrected chi connectivity index (χ0v) is 12.6. The second-order valence-electron chi connectivity index (χ2n) is 4.03. The Labute approximate surface area is 122 Å². The lowest BCUT2D eigenvalue weighted by Gasteiger charge is -2.08. The number of rotatable bonds is 3. The second-order valence-corrected chi connectivity index (χ2v) is 4.03. The minimum atomic E-state index is -0.808. The van der Waals surface area contributed by atoms with Gasteiger partial charge in [-0.2, -0.15) is 0 Å². The van der Waals surface area contributed by atoms with Gasteiger partial charge in [-0.05, 0) is 35.4 Å². The molecule has 1 unspecified atom stereocenters. The van der Waals surface area contributed by atoms with Crippen LogP contribution in [0.4, 0.5) is 0 Å². The lowest BCUT2D eigenvalue weighted by atomic mass is 9.98. The number of benzene rings is 2. The molecule has 0 radical (unpaired) electrons. The molecule has 0 bridgehead atoms. The van der Waals surface area contributed by atoms with Crippen LogP contribution in [-0.4, -0.2) is 18.2 Å². The van der Waals surface area contributed by atoms with E-state index in [2.05, 4.69) is 0 Å². The van der Waals surface area contributed by atoms with Crippen molar-refractivity contribution in [2.45, 2.75) is 12.8 Å². The predicted molar refractivity (Wildman–Crippen MR) is 81.9 cm³/mol. The summed E-state index contributed by atoms with van der Waals surface area (Å²) in [5.41, 5.74) is 0.815. The number of ether oxygens (including phenoxy) is 1. The first-order chi connectivity index (χ1) is 8.11. The van der Waals surface area contributed by atoms with Crippen LogP contribution in [0.25, 0.3) is 10.8 Å². The third-order valence-corrected chi connectivity index (χ3v) is 2.94. The number of hydrogen-bond acceptors (Lipinski definition) is 3. The van der Waals surface area contributed by atoms with E-state index >= 15 is 0 Å². The first kappa shape index (κ1) is 17.4. The van der Waals surface area contributed by atoms with Crippen LogP contribution in [0.5, 0.6) is 5.75 Å². The van der Waals surface area contributed by atoms with Crippen LogP contribution in [0.3, 0.4) is 0 Å². The first-order valence-electron chi connectivity index (χ1n) is 5.42. The zero-order valence-electron chi connectivity index (χ0n) is 10.9. The van der Waals surface area contributed by atoms with Crippen LogP contribution in [-0.2, 0) is 4.79 Å². The fourth-order valence-electron chi connectivity index (χ4n) is 1.78. The molecule has 0 saturated carbocycles. The van der Waals surface area contributed by atoms with Crippen LogP contribution >= 0.6 is 17.0 Å². The Morgan fingerprint density at radius 1 is 1.16 bits per heavy atom. The average molecular weight is 328 g/mol. The predicted octanol–water partition coefficient (Wildman–Crippen LogP) is 3.78. The summed E-state index contributed by atoms with van der Waals surface area (Å²) >= 11 is 0. The van der Waals surface area contributed by atoms with Crippen molar-refractivity contribution in [3.8, 4) is 5.75 Å². The maximum absolute atomic E-state index is 10.9. The molecule has 19 heavy (non-hydrogen) atoms. The number of methoxy groups -OCH3 is 1. The van der Waals surface area contributed by atoms with Gasteiger partial charge < -0.3 is 16.0 Å². The number of halogens is 1. The van der Waals surface area contributed by atoms with Gasteiger partial charge in [0, 0.05) is 0 Å². The summed E-state index contributed by atoms with van der Waals surface area (Å²) in [5.74, 6) is -0.490. The van der Waals surface area contributed by atoms with Crippen molar-refractivity contribution in [3.63, 3.8) is 0 Å². The summed E-state index contributed by atoms with van der Waals surface area (Å²) in [6, 6.07) is 11.4. The van der Waals surface area contributed by atoms with Crippen LogP contribution in [0.1, 0.15) is 18.4 Å². The molecule has 2 rings (SSSR count). The summed E-state index contributed by atoms with van der Waals surface area (Å²) in [6.07, 6.45) is 0. The summed E-state index contributed by atoms with van der Waals surface area (Å²) in [5, 5.41) is 11.0. The molecule has 0 saturated heterocycles. The molecule has 0 amide bonds. The molecule has 0 heterocycles. The van der Waals surface area contributed by atoms with Crippen LogP contribution in [0.2, 0.25) is 0 Å². The van der Waals surface area contributed by atoms with Crippen LogP contribution in [0.15, 0.2) is 36.4 Å². The van der Waals surface area contributed by atoms with Gasteiger partial charge in [0.1, 0.15) is 5.75 Å². The highest BCUT2D eigenvalue weighted by atomic mass is 79.9. The molecule has 104 valence electrons. The van der Waals surface area contributed by atoms with E-state index in [4.69, 9.17) is 9.84 Å². The molecule has 2 aromatic carbocycles. The molecule has 2 aromatic rings. The molecule has 0 spiro atoms. The summed E-state index contributed by atoms with van der Waals surface area (Å²) in [6.45, 7) is 1.69. The van der Waals surface area contributed by atoms with E-state index in [9.17, 15) is 4.79 Å². The number of hydrogen-bond donors (Lipinski definition) is 2. The van der Waals surface area contributed by atoms with Gasteiger partial charge in [0.05, 0.1) is 13.0 Å². The third-order valence-electron chi connectivity index (χ3n) is 2.94. The lowest BCUT2D eigenvalue weighted by Crippen LogP contribution is -2.06. The SMILES string of the molecule is Br.COc1ccc2cc(C(C)C(=O)O)ccc2c1.N. The van der Waals surface area contributed by atoms with Gasteiger partial charge in [-0.25, -0.2) is 0 Å². The third kappa shape index (κ3) is 3.68. The Bertz CT molecular complexity index is 572. The quantitative estimate of drug-likeness (QED) is 0.898. The number of carboxylic acid groups (broad SMARTS) is 1. The van der Waals surface area contributed by atoms with E-state index in [1.165, 1.54) is 0 Å². The second kappa shape index (κ2) is 7.11. The topological polar surface area (TPSA) is 81.5 Å². The molecule has 4 nitrogen and oxygen atoms in total. The van der Waals surface area contributed by atoms with Crippen LogP contribution < -0.4 is 10.9 Å². The minimum Gasteiger partial charge on any atom is -0.497 e. The lowest BCUT2D eigenvalue weighted by molar-refractivity contribution is -0.138. The Balaban J connectivity index is 0.00000162. The standard InChI is InChI=1S/C14H14O3.BrH.H3N/c1-9(14(15)16)10-3-4-12-8-13(17-2)6-5-11(12)7-10;;/h3-9H,1-2H3,(H,15,16);1H;1H3. The highest BCUT2D eigenvalue weighted by molar-refractivity contribution is 8.93. The van der Waals surface area contributed by atoms with E-state index < -0.39 is 11.9 Å². The Morgan fingerprint density at radius 2 is 1.74 bits per heavy atom. The van der Waals surface area contributed by atoms with Crippen molar-refractivity contribution >= 4 is 33.7 Å². The monoisotopic (exact) mass is 327 g/mol. The number of carbonyl (C=O) groups is 1. The number of fused-ring (bicyclic) bond motifs is 1.